The van der Waals surface area contributed by atoms with Gasteiger partial charge in [0.25, 0.3) is 5.91 Å². The molecule has 1 amide bonds. The van der Waals surface area contributed by atoms with Crippen molar-refractivity contribution in [3.05, 3.63) is 46.3 Å². The minimum Gasteiger partial charge on any atom is -0.422 e. The molecule has 18 heavy (non-hydrogen) atoms. The van der Waals surface area contributed by atoms with Gasteiger partial charge in [-0.25, -0.2) is 4.79 Å². The number of benzene rings is 1. The molecular weight excluding hydrogens is 232 g/mol. The Bertz CT molecular complexity index is 697. The Hall–Kier alpha value is -2.61. The zero-order valence-electron chi connectivity index (χ0n) is 9.64. The van der Waals surface area contributed by atoms with Crippen molar-refractivity contribution in [3.63, 3.8) is 0 Å². The van der Waals surface area contributed by atoms with Gasteiger partial charge in [-0.2, -0.15) is 5.26 Å². The van der Waals surface area contributed by atoms with Gasteiger partial charge in [0, 0.05) is 5.39 Å². The molecule has 0 aliphatic rings. The highest BCUT2D eigenvalue weighted by atomic mass is 16.4. The van der Waals surface area contributed by atoms with Crippen molar-refractivity contribution in [2.24, 2.45) is 0 Å². The number of carbonyl (C=O) groups excluding carboxylic acids is 1. The summed E-state index contributed by atoms with van der Waals surface area (Å²) in [5.74, 6) is -0.608. The van der Waals surface area contributed by atoms with Crippen LogP contribution in [0.15, 0.2) is 39.5 Å². The van der Waals surface area contributed by atoms with Gasteiger partial charge in [0.1, 0.15) is 17.2 Å². The summed E-state index contributed by atoms with van der Waals surface area (Å²) in [5.41, 5.74) is -0.389. The quantitative estimate of drug-likeness (QED) is 0.807. The first kappa shape index (κ1) is 11.9. The maximum atomic E-state index is 11.8. The van der Waals surface area contributed by atoms with Crippen LogP contribution in [0.2, 0.25) is 0 Å². The molecule has 0 fully saturated rings. The fraction of sp³-hybridized carbons (Fsp3) is 0.154. The minimum atomic E-state index is -0.712. The number of nitrogens with zero attached hydrogens (tertiary/aromatic N) is 1. The smallest absolute Gasteiger partial charge is 0.349 e. The average Bonchev–Trinajstić information content (AvgIpc) is 2.37. The summed E-state index contributed by atoms with van der Waals surface area (Å²) in [7, 11) is 0. The van der Waals surface area contributed by atoms with Gasteiger partial charge in [-0.15, -0.1) is 0 Å². The van der Waals surface area contributed by atoms with Crippen LogP contribution >= 0.6 is 0 Å². The normalized spacial score (nSPS) is 11.8. The molecule has 0 aliphatic heterocycles. The zero-order chi connectivity index (χ0) is 13.1. The van der Waals surface area contributed by atoms with E-state index in [2.05, 4.69) is 5.32 Å². The molecule has 5 nitrogen and oxygen atoms in total. The van der Waals surface area contributed by atoms with Crippen LogP contribution in [0, 0.1) is 11.3 Å². The number of amides is 1. The van der Waals surface area contributed by atoms with E-state index in [0.29, 0.717) is 11.0 Å². The minimum absolute atomic E-state index is 0.101. The van der Waals surface area contributed by atoms with Crippen molar-refractivity contribution in [2.45, 2.75) is 13.0 Å². The van der Waals surface area contributed by atoms with Crippen molar-refractivity contribution in [1.29, 1.82) is 5.26 Å². The Labute approximate surface area is 103 Å². The maximum Gasteiger partial charge on any atom is 0.349 e. The topological polar surface area (TPSA) is 83.1 Å². The summed E-state index contributed by atoms with van der Waals surface area (Å²) in [6, 6.07) is 9.56. The highest BCUT2D eigenvalue weighted by molar-refractivity contribution is 5.96. The van der Waals surface area contributed by atoms with Crippen LogP contribution in [0.3, 0.4) is 0 Å². The molecule has 0 saturated carbocycles. The molecule has 2 rings (SSSR count). The fourth-order valence-electron chi connectivity index (χ4n) is 1.53. The van der Waals surface area contributed by atoms with E-state index in [9.17, 15) is 9.59 Å². The molecule has 90 valence electrons. The molecule has 1 aromatic heterocycles. The molecule has 0 aliphatic carbocycles. The zero-order valence-corrected chi connectivity index (χ0v) is 9.64. The van der Waals surface area contributed by atoms with Crippen molar-refractivity contribution in [1.82, 2.24) is 5.32 Å². The van der Waals surface area contributed by atoms with Crippen LogP contribution in [0.5, 0.6) is 0 Å². The molecule has 1 atom stereocenters. The van der Waals surface area contributed by atoms with Gasteiger partial charge in [-0.3, -0.25) is 4.79 Å². The third-order valence-corrected chi connectivity index (χ3v) is 2.43. The van der Waals surface area contributed by atoms with E-state index in [1.165, 1.54) is 13.0 Å². The molecule has 1 heterocycles. The van der Waals surface area contributed by atoms with Gasteiger partial charge in [0.15, 0.2) is 0 Å². The van der Waals surface area contributed by atoms with Crippen LogP contribution in [0.4, 0.5) is 0 Å². The standard InChI is InChI=1S/C13H10N2O3/c1-8(7-14)15-12(16)10-6-9-4-2-3-5-11(9)18-13(10)17/h2-6,8H,1H3,(H,15,16). The molecular formula is C13H10N2O3. The second-order valence-corrected chi connectivity index (χ2v) is 3.81. The first-order chi connectivity index (χ1) is 8.61. The van der Waals surface area contributed by atoms with Gasteiger partial charge in [0.2, 0.25) is 0 Å². The first-order valence-electron chi connectivity index (χ1n) is 5.35. The lowest BCUT2D eigenvalue weighted by Gasteiger charge is -2.05. The van der Waals surface area contributed by atoms with Crippen LogP contribution in [0.25, 0.3) is 11.0 Å². The highest BCUT2D eigenvalue weighted by Gasteiger charge is 2.15. The lowest BCUT2D eigenvalue weighted by atomic mass is 10.1. The van der Waals surface area contributed by atoms with Crippen molar-refractivity contribution < 1.29 is 9.21 Å². The number of nitriles is 1. The first-order valence-corrected chi connectivity index (χ1v) is 5.35. The average molecular weight is 242 g/mol. The van der Waals surface area contributed by atoms with E-state index in [0.717, 1.165) is 0 Å². The molecule has 2 aromatic rings. The fourth-order valence-corrected chi connectivity index (χ4v) is 1.53. The molecule has 1 unspecified atom stereocenters. The molecule has 1 N–H and O–H groups in total. The Morgan fingerprint density at radius 3 is 2.89 bits per heavy atom. The highest BCUT2D eigenvalue weighted by Crippen LogP contribution is 2.12. The molecule has 1 aromatic carbocycles. The monoisotopic (exact) mass is 242 g/mol. The molecule has 0 spiro atoms. The Morgan fingerprint density at radius 2 is 2.17 bits per heavy atom. The van der Waals surface area contributed by atoms with Gasteiger partial charge < -0.3 is 9.73 Å². The Morgan fingerprint density at radius 1 is 1.44 bits per heavy atom. The predicted molar refractivity (Wildman–Crippen MR) is 65.0 cm³/mol. The predicted octanol–water partition coefficient (Wildman–Crippen LogP) is 1.43. The van der Waals surface area contributed by atoms with E-state index in [1.807, 2.05) is 6.07 Å². The Balaban J connectivity index is 2.45. The molecule has 0 bridgehead atoms. The largest absolute Gasteiger partial charge is 0.422 e. The number of rotatable bonds is 2. The van der Waals surface area contributed by atoms with Crippen molar-refractivity contribution in [3.8, 4) is 6.07 Å². The van der Waals surface area contributed by atoms with E-state index >= 15 is 0 Å². The number of carbonyl (C=O) groups is 1. The van der Waals surface area contributed by atoms with Gasteiger partial charge in [-0.1, -0.05) is 18.2 Å². The van der Waals surface area contributed by atoms with E-state index in [1.54, 1.807) is 24.3 Å². The molecule has 5 heteroatoms. The van der Waals surface area contributed by atoms with Crippen LogP contribution in [-0.4, -0.2) is 11.9 Å². The van der Waals surface area contributed by atoms with Gasteiger partial charge >= 0.3 is 5.63 Å². The van der Waals surface area contributed by atoms with Crippen molar-refractivity contribution in [2.75, 3.05) is 0 Å². The summed E-state index contributed by atoms with van der Waals surface area (Å²) in [6.07, 6.45) is 0. The lowest BCUT2D eigenvalue weighted by molar-refractivity contribution is 0.0944. The second-order valence-electron chi connectivity index (χ2n) is 3.81. The second kappa shape index (κ2) is 4.72. The van der Waals surface area contributed by atoms with Crippen molar-refractivity contribution >= 4 is 16.9 Å². The van der Waals surface area contributed by atoms with Crippen LogP contribution in [0.1, 0.15) is 17.3 Å². The SMILES string of the molecule is CC(C#N)NC(=O)c1cc2ccccc2oc1=O. The summed E-state index contributed by atoms with van der Waals surface area (Å²) in [5, 5.41) is 11.7. The van der Waals surface area contributed by atoms with Gasteiger partial charge in [-0.05, 0) is 19.1 Å². The van der Waals surface area contributed by atoms with E-state index in [4.69, 9.17) is 9.68 Å². The summed E-state index contributed by atoms with van der Waals surface area (Å²) in [6.45, 7) is 1.53. The molecule has 0 radical (unpaired) electrons. The third kappa shape index (κ3) is 2.23. The molecule has 0 saturated heterocycles. The summed E-state index contributed by atoms with van der Waals surface area (Å²) in [4.78, 5) is 23.4. The number of hydrogen-bond acceptors (Lipinski definition) is 4. The Kier molecular flexibility index (Phi) is 3.11. The number of hydrogen-bond donors (Lipinski definition) is 1. The summed E-state index contributed by atoms with van der Waals surface area (Å²) >= 11 is 0. The van der Waals surface area contributed by atoms with E-state index in [-0.39, 0.29) is 5.56 Å². The van der Waals surface area contributed by atoms with Crippen LogP contribution < -0.4 is 10.9 Å². The lowest BCUT2D eigenvalue weighted by Crippen LogP contribution is -2.34. The number of nitrogens with one attached hydrogen (secondary N) is 1. The van der Waals surface area contributed by atoms with Crippen LogP contribution in [-0.2, 0) is 0 Å². The number of fused-ring (bicyclic) bond motifs is 1. The van der Waals surface area contributed by atoms with Gasteiger partial charge in [0.05, 0.1) is 6.07 Å². The third-order valence-electron chi connectivity index (χ3n) is 2.43. The number of para-hydroxylation sites is 1. The maximum absolute atomic E-state index is 11.8. The van der Waals surface area contributed by atoms with E-state index < -0.39 is 17.6 Å². The summed E-state index contributed by atoms with van der Waals surface area (Å²) < 4.78 is 5.03.